The first-order valence-electron chi connectivity index (χ1n) is 6.57. The Morgan fingerprint density at radius 2 is 1.80 bits per heavy atom. The summed E-state index contributed by atoms with van der Waals surface area (Å²) in [6.07, 6.45) is 0.810. The molecule has 0 fully saturated rings. The van der Waals surface area contributed by atoms with Gasteiger partial charge in [-0.3, -0.25) is 0 Å². The summed E-state index contributed by atoms with van der Waals surface area (Å²) in [5, 5.41) is 5.70. The van der Waals surface area contributed by atoms with Gasteiger partial charge in [0.1, 0.15) is 5.76 Å². The fraction of sp³-hybridized carbons (Fsp3) is 0.467. The monoisotopic (exact) mass is 333 g/mol. The van der Waals surface area contributed by atoms with Crippen LogP contribution in [0.3, 0.4) is 0 Å². The van der Waals surface area contributed by atoms with Crippen LogP contribution in [0.5, 0.6) is 0 Å². The lowest BCUT2D eigenvalue weighted by Gasteiger charge is -2.19. The topological polar surface area (TPSA) is 25.2 Å². The van der Waals surface area contributed by atoms with Crippen molar-refractivity contribution in [1.29, 1.82) is 0 Å². The van der Waals surface area contributed by atoms with Crippen LogP contribution in [0, 0.1) is 0 Å². The van der Waals surface area contributed by atoms with Crippen LogP contribution < -0.4 is 5.32 Å². The van der Waals surface area contributed by atoms with E-state index < -0.39 is 0 Å². The molecule has 2 rings (SSSR count). The SMILES string of the molecule is CCc1c(CNC(C)(C)C)oc2c(Cl)cc(Cl)c(Cl)c12. The number of hydrogen-bond donors (Lipinski definition) is 1. The highest BCUT2D eigenvalue weighted by Crippen LogP contribution is 2.40. The highest BCUT2D eigenvalue weighted by molar-refractivity contribution is 6.47. The molecule has 0 aliphatic carbocycles. The molecule has 0 unspecified atom stereocenters. The van der Waals surface area contributed by atoms with Crippen LogP contribution >= 0.6 is 34.8 Å². The first-order chi connectivity index (χ1) is 9.24. The Hall–Kier alpha value is -0.410. The second-order valence-corrected chi connectivity index (χ2v) is 7.01. The van der Waals surface area contributed by atoms with E-state index in [1.807, 2.05) is 0 Å². The van der Waals surface area contributed by atoms with Crippen LogP contribution in [-0.2, 0) is 13.0 Å². The Labute approximate surface area is 134 Å². The second-order valence-electron chi connectivity index (χ2n) is 5.82. The van der Waals surface area contributed by atoms with Crippen LogP contribution in [-0.4, -0.2) is 5.54 Å². The molecule has 5 heteroatoms. The quantitative estimate of drug-likeness (QED) is 0.713. The van der Waals surface area contributed by atoms with Gasteiger partial charge in [-0.2, -0.15) is 0 Å². The lowest BCUT2D eigenvalue weighted by Crippen LogP contribution is -2.35. The zero-order valence-electron chi connectivity index (χ0n) is 12.0. The summed E-state index contributed by atoms with van der Waals surface area (Å²) in [6, 6.07) is 1.62. The second kappa shape index (κ2) is 5.76. The normalized spacial score (nSPS) is 12.3. The molecule has 0 atom stereocenters. The van der Waals surface area contributed by atoms with Gasteiger partial charge in [-0.1, -0.05) is 41.7 Å². The third-order valence-electron chi connectivity index (χ3n) is 3.12. The number of furan rings is 1. The molecule has 0 aliphatic rings. The van der Waals surface area contributed by atoms with Gasteiger partial charge in [-0.25, -0.2) is 0 Å². The molecular weight excluding hydrogens is 317 g/mol. The summed E-state index contributed by atoms with van der Waals surface area (Å²) >= 11 is 18.6. The minimum Gasteiger partial charge on any atom is -0.458 e. The highest BCUT2D eigenvalue weighted by Gasteiger charge is 2.21. The number of nitrogens with one attached hydrogen (secondary N) is 1. The lowest BCUT2D eigenvalue weighted by molar-refractivity contribution is 0.393. The van der Waals surface area contributed by atoms with Crippen molar-refractivity contribution in [3.8, 4) is 0 Å². The Morgan fingerprint density at radius 3 is 2.35 bits per heavy atom. The molecule has 0 spiro atoms. The summed E-state index contributed by atoms with van der Waals surface area (Å²) < 4.78 is 5.91. The Balaban J connectivity index is 2.57. The van der Waals surface area contributed by atoms with E-state index in [1.165, 1.54) is 0 Å². The third kappa shape index (κ3) is 3.09. The van der Waals surface area contributed by atoms with E-state index in [-0.39, 0.29) is 5.54 Å². The molecule has 0 saturated heterocycles. The van der Waals surface area contributed by atoms with Crippen molar-refractivity contribution in [2.24, 2.45) is 0 Å². The van der Waals surface area contributed by atoms with E-state index in [0.717, 1.165) is 23.1 Å². The number of aryl methyl sites for hydroxylation is 1. The maximum absolute atomic E-state index is 6.31. The summed E-state index contributed by atoms with van der Waals surface area (Å²) in [6.45, 7) is 9.02. The number of benzene rings is 1. The maximum Gasteiger partial charge on any atom is 0.154 e. The molecule has 2 nitrogen and oxygen atoms in total. The number of hydrogen-bond acceptors (Lipinski definition) is 2. The lowest BCUT2D eigenvalue weighted by atomic mass is 10.1. The fourth-order valence-corrected chi connectivity index (χ4v) is 2.89. The summed E-state index contributed by atoms with van der Waals surface area (Å²) in [7, 11) is 0. The standard InChI is InChI=1S/C15H18Cl3NO/c1-5-8-11(7-19-15(2,3)4)20-14-10(17)6-9(16)13(18)12(8)14/h6,19H,5,7H2,1-4H3. The van der Waals surface area contributed by atoms with Gasteiger partial charge in [0.25, 0.3) is 0 Å². The van der Waals surface area contributed by atoms with E-state index in [4.69, 9.17) is 39.2 Å². The van der Waals surface area contributed by atoms with Crippen molar-refractivity contribution in [2.45, 2.75) is 46.2 Å². The molecule has 1 N–H and O–H groups in total. The molecule has 1 aromatic carbocycles. The van der Waals surface area contributed by atoms with Gasteiger partial charge >= 0.3 is 0 Å². The molecule has 0 radical (unpaired) electrons. The van der Waals surface area contributed by atoms with Crippen molar-refractivity contribution in [3.63, 3.8) is 0 Å². The first kappa shape index (κ1) is 16.0. The zero-order chi connectivity index (χ0) is 15.1. The summed E-state index contributed by atoms with van der Waals surface area (Å²) in [5.74, 6) is 0.864. The van der Waals surface area contributed by atoms with E-state index in [1.54, 1.807) is 6.07 Å². The van der Waals surface area contributed by atoms with Gasteiger partial charge in [-0.15, -0.1) is 0 Å². The van der Waals surface area contributed by atoms with Gasteiger partial charge in [0.15, 0.2) is 5.58 Å². The Bertz CT molecular complexity index is 641. The van der Waals surface area contributed by atoms with Gasteiger partial charge in [0, 0.05) is 16.5 Å². The van der Waals surface area contributed by atoms with Crippen molar-refractivity contribution in [1.82, 2.24) is 5.32 Å². The molecule has 0 aliphatic heterocycles. The van der Waals surface area contributed by atoms with Crippen molar-refractivity contribution < 1.29 is 4.42 Å². The predicted molar refractivity (Wildman–Crippen MR) is 87.2 cm³/mol. The molecule has 0 amide bonds. The Morgan fingerprint density at radius 1 is 1.15 bits per heavy atom. The molecular formula is C15H18Cl3NO. The first-order valence-corrected chi connectivity index (χ1v) is 7.70. The number of fused-ring (bicyclic) bond motifs is 1. The van der Waals surface area contributed by atoms with Gasteiger partial charge in [0.2, 0.25) is 0 Å². The molecule has 1 heterocycles. The van der Waals surface area contributed by atoms with Crippen LogP contribution in [0.1, 0.15) is 39.0 Å². The van der Waals surface area contributed by atoms with Crippen molar-refractivity contribution in [3.05, 3.63) is 32.5 Å². The van der Waals surface area contributed by atoms with E-state index in [9.17, 15) is 0 Å². The van der Waals surface area contributed by atoms with Gasteiger partial charge in [0.05, 0.1) is 21.6 Å². The summed E-state index contributed by atoms with van der Waals surface area (Å²) in [5.41, 5.74) is 1.68. The van der Waals surface area contributed by atoms with Crippen LogP contribution in [0.25, 0.3) is 11.0 Å². The number of halogens is 3. The molecule has 0 saturated carbocycles. The molecule has 2 aromatic rings. The highest BCUT2D eigenvalue weighted by atomic mass is 35.5. The van der Waals surface area contributed by atoms with E-state index in [2.05, 4.69) is 33.0 Å². The van der Waals surface area contributed by atoms with Gasteiger partial charge in [-0.05, 0) is 33.3 Å². The van der Waals surface area contributed by atoms with Crippen molar-refractivity contribution >= 4 is 45.8 Å². The average molecular weight is 335 g/mol. The summed E-state index contributed by atoms with van der Waals surface area (Å²) in [4.78, 5) is 0. The van der Waals surface area contributed by atoms with E-state index >= 15 is 0 Å². The average Bonchev–Trinajstić information content (AvgIpc) is 2.72. The third-order valence-corrected chi connectivity index (χ3v) is 4.19. The molecule has 1 aromatic heterocycles. The van der Waals surface area contributed by atoms with Crippen LogP contribution in [0.4, 0.5) is 0 Å². The smallest absolute Gasteiger partial charge is 0.154 e. The number of rotatable bonds is 3. The molecule has 20 heavy (non-hydrogen) atoms. The van der Waals surface area contributed by atoms with Crippen molar-refractivity contribution in [2.75, 3.05) is 0 Å². The largest absolute Gasteiger partial charge is 0.458 e. The maximum atomic E-state index is 6.31. The van der Waals surface area contributed by atoms with Crippen LogP contribution in [0.2, 0.25) is 15.1 Å². The predicted octanol–water partition coefficient (Wildman–Crippen LogP) is 5.84. The molecule has 110 valence electrons. The fourth-order valence-electron chi connectivity index (χ4n) is 2.13. The van der Waals surface area contributed by atoms with E-state index in [0.29, 0.717) is 27.2 Å². The molecule has 0 bridgehead atoms. The van der Waals surface area contributed by atoms with Gasteiger partial charge < -0.3 is 9.73 Å². The minimum atomic E-state index is 0.00915. The van der Waals surface area contributed by atoms with Crippen LogP contribution in [0.15, 0.2) is 10.5 Å². The Kier molecular flexibility index (Phi) is 4.60. The minimum absolute atomic E-state index is 0.00915. The zero-order valence-corrected chi connectivity index (χ0v) is 14.3.